The first kappa shape index (κ1) is 22.5. The van der Waals surface area contributed by atoms with E-state index in [9.17, 15) is 18.8 Å². The molecule has 1 aliphatic rings. The van der Waals surface area contributed by atoms with Gasteiger partial charge in [0.05, 0.1) is 9.26 Å². The Hall–Kier alpha value is -3.73. The molecule has 1 aliphatic heterocycles. The minimum Gasteiger partial charge on any atom is -0.483 e. The summed E-state index contributed by atoms with van der Waals surface area (Å²) >= 11 is 2.05. The number of hydrogen-bond donors (Lipinski definition) is 2. The lowest BCUT2D eigenvalue weighted by Crippen LogP contribution is -2.35. The lowest BCUT2D eigenvalue weighted by atomic mass is 10.1. The molecule has 0 aromatic heterocycles. The van der Waals surface area contributed by atoms with E-state index in [4.69, 9.17) is 4.74 Å². The van der Waals surface area contributed by atoms with Crippen LogP contribution in [-0.4, -0.2) is 24.3 Å². The SMILES string of the molecule is O=C(COc1ccc(/C=C2/C(=O)NN(c3ccccc3)C2=O)cc1I)Nc1ccc(F)cc1. The zero-order valence-electron chi connectivity index (χ0n) is 17.0. The van der Waals surface area contributed by atoms with Gasteiger partial charge in [-0.2, -0.15) is 0 Å². The standard InChI is InChI=1S/C24H17FIN3O4/c25-16-7-9-17(10-8-16)27-22(30)14-33-21-11-6-15(13-20(21)26)12-19-23(31)28-29(24(19)32)18-4-2-1-3-5-18/h1-13H,14H2,(H,27,30)(H,28,31)/b19-12-. The summed E-state index contributed by atoms with van der Waals surface area (Å²) in [7, 11) is 0. The Morgan fingerprint density at radius 2 is 1.79 bits per heavy atom. The maximum atomic E-state index is 13.0. The van der Waals surface area contributed by atoms with E-state index in [2.05, 4.69) is 10.7 Å². The molecule has 1 fully saturated rings. The Morgan fingerprint density at radius 3 is 2.48 bits per heavy atom. The molecule has 3 aromatic rings. The van der Waals surface area contributed by atoms with Gasteiger partial charge >= 0.3 is 0 Å². The molecule has 166 valence electrons. The van der Waals surface area contributed by atoms with E-state index >= 15 is 0 Å². The van der Waals surface area contributed by atoms with Crippen LogP contribution in [0.4, 0.5) is 15.8 Å². The van der Waals surface area contributed by atoms with Gasteiger partial charge in [0.15, 0.2) is 6.61 Å². The second-order valence-corrected chi connectivity index (χ2v) is 8.17. The summed E-state index contributed by atoms with van der Waals surface area (Å²) in [6.07, 6.45) is 1.51. The number of nitrogens with one attached hydrogen (secondary N) is 2. The first-order chi connectivity index (χ1) is 15.9. The van der Waals surface area contributed by atoms with Crippen LogP contribution in [-0.2, 0) is 14.4 Å². The summed E-state index contributed by atoms with van der Waals surface area (Å²) in [4.78, 5) is 37.1. The second kappa shape index (κ2) is 9.82. The largest absolute Gasteiger partial charge is 0.483 e. The van der Waals surface area contributed by atoms with Crippen molar-refractivity contribution in [1.29, 1.82) is 0 Å². The van der Waals surface area contributed by atoms with Gasteiger partial charge in [0.25, 0.3) is 17.7 Å². The molecular weight excluding hydrogens is 540 g/mol. The quantitative estimate of drug-likeness (QED) is 0.274. The van der Waals surface area contributed by atoms with Crippen LogP contribution in [0.3, 0.4) is 0 Å². The number of para-hydroxylation sites is 1. The van der Waals surface area contributed by atoms with Crippen molar-refractivity contribution in [2.75, 3.05) is 16.9 Å². The van der Waals surface area contributed by atoms with Gasteiger partial charge in [-0.25, -0.2) is 9.40 Å². The maximum Gasteiger partial charge on any atom is 0.282 e. The molecule has 0 radical (unpaired) electrons. The molecular formula is C24H17FIN3O4. The summed E-state index contributed by atoms with van der Waals surface area (Å²) in [5, 5.41) is 3.82. The number of amides is 3. The topological polar surface area (TPSA) is 87.7 Å². The maximum absolute atomic E-state index is 13.0. The Kier molecular flexibility index (Phi) is 6.68. The van der Waals surface area contributed by atoms with Gasteiger partial charge < -0.3 is 10.1 Å². The van der Waals surface area contributed by atoms with Crippen molar-refractivity contribution < 1.29 is 23.5 Å². The third-order valence-corrected chi connectivity index (χ3v) is 5.50. The molecule has 0 saturated carbocycles. The molecule has 0 atom stereocenters. The fraction of sp³-hybridized carbons (Fsp3) is 0.0417. The van der Waals surface area contributed by atoms with Crippen molar-refractivity contribution in [3.63, 3.8) is 0 Å². The van der Waals surface area contributed by atoms with E-state index in [0.29, 0.717) is 26.3 Å². The molecule has 3 amide bonds. The predicted octanol–water partition coefficient (Wildman–Crippen LogP) is 3.91. The van der Waals surface area contributed by atoms with Crippen LogP contribution in [0.2, 0.25) is 0 Å². The fourth-order valence-corrected chi connectivity index (χ4v) is 3.78. The molecule has 0 spiro atoms. The molecule has 33 heavy (non-hydrogen) atoms. The van der Waals surface area contributed by atoms with Gasteiger partial charge in [-0.3, -0.25) is 19.8 Å². The fourth-order valence-electron chi connectivity index (χ4n) is 3.08. The molecule has 2 N–H and O–H groups in total. The highest BCUT2D eigenvalue weighted by atomic mass is 127. The predicted molar refractivity (Wildman–Crippen MR) is 130 cm³/mol. The van der Waals surface area contributed by atoms with Gasteiger partial charge in [0, 0.05) is 5.69 Å². The van der Waals surface area contributed by atoms with E-state index in [1.807, 2.05) is 28.7 Å². The van der Waals surface area contributed by atoms with E-state index in [1.54, 1.807) is 42.5 Å². The smallest absolute Gasteiger partial charge is 0.282 e. The highest BCUT2D eigenvalue weighted by Crippen LogP contribution is 2.25. The number of carbonyl (C=O) groups excluding carboxylic acids is 3. The first-order valence-corrected chi connectivity index (χ1v) is 10.9. The van der Waals surface area contributed by atoms with Gasteiger partial charge in [0.1, 0.15) is 17.1 Å². The van der Waals surface area contributed by atoms with Crippen LogP contribution >= 0.6 is 22.6 Å². The summed E-state index contributed by atoms with van der Waals surface area (Å²) in [5.74, 6) is -1.24. The molecule has 3 aromatic carbocycles. The minimum atomic E-state index is -0.489. The number of hydrogen-bond acceptors (Lipinski definition) is 4. The number of nitrogens with zero attached hydrogens (tertiary/aromatic N) is 1. The van der Waals surface area contributed by atoms with Crippen LogP contribution in [0, 0.1) is 9.39 Å². The molecule has 9 heteroatoms. The number of hydrazine groups is 1. The zero-order chi connectivity index (χ0) is 23.4. The number of ether oxygens (including phenoxy) is 1. The van der Waals surface area contributed by atoms with E-state index in [-0.39, 0.29) is 12.2 Å². The summed E-state index contributed by atoms with van der Waals surface area (Å²) in [5.41, 5.74) is 4.24. The average molecular weight is 557 g/mol. The molecule has 0 bridgehead atoms. The second-order valence-electron chi connectivity index (χ2n) is 7.01. The zero-order valence-corrected chi connectivity index (χ0v) is 19.2. The number of benzene rings is 3. The summed E-state index contributed by atoms with van der Waals surface area (Å²) < 4.78 is 19.2. The van der Waals surface area contributed by atoms with Crippen LogP contribution in [0.5, 0.6) is 5.75 Å². The molecule has 7 nitrogen and oxygen atoms in total. The normalized spacial score (nSPS) is 14.4. The molecule has 1 saturated heterocycles. The highest BCUT2D eigenvalue weighted by molar-refractivity contribution is 14.1. The Morgan fingerprint density at radius 1 is 1.06 bits per heavy atom. The van der Waals surface area contributed by atoms with Crippen LogP contribution in [0.15, 0.2) is 78.4 Å². The lowest BCUT2D eigenvalue weighted by Gasteiger charge is -2.13. The molecule has 4 rings (SSSR count). The Labute approximate surface area is 202 Å². The summed E-state index contributed by atoms with van der Waals surface area (Å²) in [6.45, 7) is -0.235. The van der Waals surface area contributed by atoms with Crippen LogP contribution in [0.25, 0.3) is 6.08 Å². The molecule has 1 heterocycles. The molecule has 0 aliphatic carbocycles. The summed E-state index contributed by atoms with van der Waals surface area (Å²) in [6, 6.07) is 19.3. The highest BCUT2D eigenvalue weighted by Gasteiger charge is 2.34. The van der Waals surface area contributed by atoms with E-state index < -0.39 is 23.5 Å². The van der Waals surface area contributed by atoms with E-state index in [0.717, 1.165) is 0 Å². The third kappa shape index (κ3) is 5.37. The van der Waals surface area contributed by atoms with Crippen molar-refractivity contribution in [3.05, 3.63) is 93.3 Å². The van der Waals surface area contributed by atoms with Gasteiger partial charge in [0.2, 0.25) is 0 Å². The lowest BCUT2D eigenvalue weighted by molar-refractivity contribution is -0.118. The third-order valence-electron chi connectivity index (χ3n) is 4.66. The van der Waals surface area contributed by atoms with Crippen molar-refractivity contribution >= 4 is 57.8 Å². The van der Waals surface area contributed by atoms with Crippen molar-refractivity contribution in [2.24, 2.45) is 0 Å². The number of halogens is 2. The van der Waals surface area contributed by atoms with Crippen LogP contribution in [0.1, 0.15) is 5.56 Å². The molecule has 0 unspecified atom stereocenters. The number of rotatable bonds is 6. The first-order valence-electron chi connectivity index (χ1n) is 9.80. The number of anilines is 2. The number of carbonyl (C=O) groups is 3. The Balaban J connectivity index is 1.41. The van der Waals surface area contributed by atoms with Crippen molar-refractivity contribution in [2.45, 2.75) is 0 Å². The Bertz CT molecular complexity index is 1250. The van der Waals surface area contributed by atoms with Crippen molar-refractivity contribution in [3.8, 4) is 5.75 Å². The monoisotopic (exact) mass is 557 g/mol. The van der Waals surface area contributed by atoms with Gasteiger partial charge in [-0.15, -0.1) is 0 Å². The van der Waals surface area contributed by atoms with Gasteiger partial charge in [-0.05, 0) is 82.8 Å². The van der Waals surface area contributed by atoms with E-state index in [1.165, 1.54) is 35.4 Å². The van der Waals surface area contributed by atoms with Gasteiger partial charge in [-0.1, -0.05) is 24.3 Å². The van der Waals surface area contributed by atoms with Crippen molar-refractivity contribution in [1.82, 2.24) is 5.43 Å². The average Bonchev–Trinajstić information content (AvgIpc) is 3.09. The van der Waals surface area contributed by atoms with Crippen LogP contribution < -0.4 is 20.5 Å². The minimum absolute atomic E-state index is 0.0157.